The lowest BCUT2D eigenvalue weighted by atomic mass is 10.3. The molecule has 19 heavy (non-hydrogen) atoms. The van der Waals surface area contributed by atoms with Gasteiger partial charge in [0.05, 0.1) is 6.20 Å². The predicted molar refractivity (Wildman–Crippen MR) is 76.0 cm³/mol. The smallest absolute Gasteiger partial charge is 0.321 e. The van der Waals surface area contributed by atoms with Crippen molar-refractivity contribution in [2.75, 3.05) is 6.54 Å². The van der Waals surface area contributed by atoms with E-state index in [0.717, 1.165) is 29.5 Å². The normalized spacial score (nSPS) is 10.4. The van der Waals surface area contributed by atoms with Crippen molar-refractivity contribution >= 4 is 15.9 Å². The second-order valence-electron chi connectivity index (χ2n) is 3.99. The van der Waals surface area contributed by atoms with Crippen LogP contribution in [0.5, 0.6) is 11.8 Å². The molecule has 0 saturated heterocycles. The quantitative estimate of drug-likeness (QED) is 0.828. The molecule has 0 atom stereocenters. The number of nitrogens with zero attached hydrogens (tertiary/aromatic N) is 3. The molecule has 0 aliphatic heterocycles. The van der Waals surface area contributed by atoms with E-state index < -0.39 is 0 Å². The van der Waals surface area contributed by atoms with Gasteiger partial charge in [-0.15, -0.1) is 0 Å². The van der Waals surface area contributed by atoms with Crippen molar-refractivity contribution in [3.05, 3.63) is 40.9 Å². The summed E-state index contributed by atoms with van der Waals surface area (Å²) < 4.78 is 6.36. The molecule has 0 radical (unpaired) electrons. The van der Waals surface area contributed by atoms with Crippen molar-refractivity contribution in [3.63, 3.8) is 0 Å². The molecule has 2 aromatic heterocycles. The van der Waals surface area contributed by atoms with E-state index in [9.17, 15) is 0 Å². The highest BCUT2D eigenvalue weighted by molar-refractivity contribution is 9.10. The van der Waals surface area contributed by atoms with Crippen LogP contribution in [0, 0.1) is 0 Å². The molecule has 0 aliphatic carbocycles. The molecule has 0 spiro atoms. The second kappa shape index (κ2) is 7.16. The molecule has 5 nitrogen and oxygen atoms in total. The summed E-state index contributed by atoms with van der Waals surface area (Å²) in [7, 11) is 0. The maximum Gasteiger partial charge on any atom is 0.321 e. The van der Waals surface area contributed by atoms with Crippen molar-refractivity contribution in [2.24, 2.45) is 0 Å². The Morgan fingerprint density at radius 3 is 2.68 bits per heavy atom. The third-order valence-electron chi connectivity index (χ3n) is 2.33. The van der Waals surface area contributed by atoms with Gasteiger partial charge in [-0.2, -0.15) is 0 Å². The summed E-state index contributed by atoms with van der Waals surface area (Å²) in [5.74, 6) is 0.603. The van der Waals surface area contributed by atoms with E-state index in [1.54, 1.807) is 24.8 Å². The van der Waals surface area contributed by atoms with Crippen LogP contribution in [0.2, 0.25) is 0 Å². The van der Waals surface area contributed by atoms with Crippen LogP contribution in [0.1, 0.15) is 18.9 Å². The van der Waals surface area contributed by atoms with Crippen molar-refractivity contribution in [1.82, 2.24) is 20.3 Å². The molecule has 0 saturated carbocycles. The van der Waals surface area contributed by atoms with Crippen LogP contribution in [0.25, 0.3) is 0 Å². The molecule has 2 rings (SSSR count). The van der Waals surface area contributed by atoms with Crippen LogP contribution in [0.3, 0.4) is 0 Å². The molecule has 0 aromatic carbocycles. The number of pyridine rings is 1. The number of hydrogen-bond acceptors (Lipinski definition) is 5. The third-order valence-corrected chi connectivity index (χ3v) is 2.76. The molecule has 0 bridgehead atoms. The van der Waals surface area contributed by atoms with Gasteiger partial charge in [0.1, 0.15) is 0 Å². The standard InChI is InChI=1S/C13H15BrN4O/c1-2-3-15-5-10-6-17-13(18-7-10)19-12-4-11(14)8-16-9-12/h4,6-9,15H,2-3,5H2,1H3. The van der Waals surface area contributed by atoms with Crippen molar-refractivity contribution in [3.8, 4) is 11.8 Å². The van der Waals surface area contributed by atoms with Crippen LogP contribution in [0.15, 0.2) is 35.3 Å². The molecule has 2 aromatic rings. The van der Waals surface area contributed by atoms with Gasteiger partial charge in [-0.05, 0) is 35.0 Å². The molecular formula is C13H15BrN4O. The molecule has 1 N–H and O–H groups in total. The molecular weight excluding hydrogens is 308 g/mol. The van der Waals surface area contributed by atoms with Gasteiger partial charge in [-0.25, -0.2) is 9.97 Å². The molecule has 6 heteroatoms. The Bertz CT molecular complexity index is 518. The van der Waals surface area contributed by atoms with Crippen LogP contribution < -0.4 is 10.1 Å². The van der Waals surface area contributed by atoms with E-state index in [0.29, 0.717) is 11.8 Å². The van der Waals surface area contributed by atoms with Crippen molar-refractivity contribution in [2.45, 2.75) is 19.9 Å². The predicted octanol–water partition coefficient (Wildman–Crippen LogP) is 2.93. The molecule has 100 valence electrons. The van der Waals surface area contributed by atoms with E-state index >= 15 is 0 Å². The summed E-state index contributed by atoms with van der Waals surface area (Å²) in [5, 5.41) is 3.29. The minimum Gasteiger partial charge on any atom is -0.423 e. The molecule has 0 fully saturated rings. The Labute approximate surface area is 120 Å². The Balaban J connectivity index is 1.95. The molecule has 0 aliphatic rings. The lowest BCUT2D eigenvalue weighted by Gasteiger charge is -2.05. The van der Waals surface area contributed by atoms with E-state index in [4.69, 9.17) is 4.74 Å². The van der Waals surface area contributed by atoms with E-state index in [1.807, 2.05) is 6.07 Å². The van der Waals surface area contributed by atoms with Crippen LogP contribution >= 0.6 is 15.9 Å². The van der Waals surface area contributed by atoms with Crippen LogP contribution in [-0.4, -0.2) is 21.5 Å². The maximum atomic E-state index is 5.50. The van der Waals surface area contributed by atoms with Crippen LogP contribution in [0.4, 0.5) is 0 Å². The Morgan fingerprint density at radius 1 is 1.21 bits per heavy atom. The SMILES string of the molecule is CCCNCc1cnc(Oc2cncc(Br)c2)nc1. The highest BCUT2D eigenvalue weighted by atomic mass is 79.9. The van der Waals surface area contributed by atoms with Gasteiger partial charge in [0, 0.05) is 35.2 Å². The Morgan fingerprint density at radius 2 is 2.00 bits per heavy atom. The fourth-order valence-corrected chi connectivity index (χ4v) is 1.79. The zero-order chi connectivity index (χ0) is 13.5. The lowest BCUT2D eigenvalue weighted by Crippen LogP contribution is -2.14. The van der Waals surface area contributed by atoms with Gasteiger partial charge in [-0.3, -0.25) is 4.98 Å². The van der Waals surface area contributed by atoms with Gasteiger partial charge in [0.2, 0.25) is 0 Å². The molecule has 0 unspecified atom stereocenters. The fraction of sp³-hybridized carbons (Fsp3) is 0.308. The monoisotopic (exact) mass is 322 g/mol. The summed E-state index contributed by atoms with van der Waals surface area (Å²) in [6.45, 7) is 3.89. The highest BCUT2D eigenvalue weighted by Crippen LogP contribution is 2.20. The maximum absolute atomic E-state index is 5.50. The van der Waals surface area contributed by atoms with E-state index in [2.05, 4.69) is 43.1 Å². The Hall–Kier alpha value is -1.53. The van der Waals surface area contributed by atoms with Crippen molar-refractivity contribution < 1.29 is 4.74 Å². The van der Waals surface area contributed by atoms with Gasteiger partial charge in [0.15, 0.2) is 5.75 Å². The lowest BCUT2D eigenvalue weighted by molar-refractivity contribution is 0.438. The first-order valence-corrected chi connectivity index (χ1v) is 6.87. The zero-order valence-corrected chi connectivity index (χ0v) is 12.2. The van der Waals surface area contributed by atoms with Crippen LogP contribution in [-0.2, 0) is 6.54 Å². The first-order valence-electron chi connectivity index (χ1n) is 6.08. The number of halogens is 1. The first-order chi connectivity index (χ1) is 9.28. The average molecular weight is 323 g/mol. The summed E-state index contributed by atoms with van der Waals surface area (Å²) in [4.78, 5) is 12.3. The second-order valence-corrected chi connectivity index (χ2v) is 4.91. The summed E-state index contributed by atoms with van der Waals surface area (Å²) in [5.41, 5.74) is 1.04. The third kappa shape index (κ3) is 4.57. The first kappa shape index (κ1) is 13.9. The van der Waals surface area contributed by atoms with Gasteiger partial charge >= 0.3 is 6.01 Å². The minimum absolute atomic E-state index is 0.319. The number of hydrogen-bond donors (Lipinski definition) is 1. The topological polar surface area (TPSA) is 59.9 Å². The van der Waals surface area contributed by atoms with Gasteiger partial charge in [-0.1, -0.05) is 6.92 Å². The summed E-state index contributed by atoms with van der Waals surface area (Å²) >= 11 is 3.33. The number of nitrogens with one attached hydrogen (secondary N) is 1. The summed E-state index contributed by atoms with van der Waals surface area (Å²) in [6.07, 6.45) is 7.94. The average Bonchev–Trinajstić information content (AvgIpc) is 2.41. The number of aromatic nitrogens is 3. The zero-order valence-electron chi connectivity index (χ0n) is 10.6. The highest BCUT2D eigenvalue weighted by Gasteiger charge is 2.02. The molecule has 0 amide bonds. The van der Waals surface area contributed by atoms with Gasteiger partial charge < -0.3 is 10.1 Å². The summed E-state index contributed by atoms with van der Waals surface area (Å²) in [6, 6.07) is 2.13. The largest absolute Gasteiger partial charge is 0.423 e. The van der Waals surface area contributed by atoms with E-state index in [-0.39, 0.29) is 0 Å². The molecule has 2 heterocycles. The van der Waals surface area contributed by atoms with E-state index in [1.165, 1.54) is 0 Å². The van der Waals surface area contributed by atoms with Crippen molar-refractivity contribution in [1.29, 1.82) is 0 Å². The van der Waals surface area contributed by atoms with Gasteiger partial charge in [0.25, 0.3) is 0 Å². The number of ether oxygens (including phenoxy) is 1. The number of rotatable bonds is 6. The Kier molecular flexibility index (Phi) is 5.23. The fourth-order valence-electron chi connectivity index (χ4n) is 1.45. The minimum atomic E-state index is 0.319.